The number of thioether (sulfide) groups is 1. The van der Waals surface area contributed by atoms with Gasteiger partial charge in [0.1, 0.15) is 0 Å². The number of anilines is 2. The van der Waals surface area contributed by atoms with Gasteiger partial charge < -0.3 is 9.47 Å². The van der Waals surface area contributed by atoms with Crippen LogP contribution in [-0.4, -0.2) is 27.9 Å². The van der Waals surface area contributed by atoms with Gasteiger partial charge in [0.25, 0.3) is 5.91 Å². The Morgan fingerprint density at radius 3 is 2.40 bits per heavy atom. The molecule has 0 bridgehead atoms. The Morgan fingerprint density at radius 2 is 1.84 bits per heavy atom. The van der Waals surface area contributed by atoms with Crippen molar-refractivity contribution in [2.24, 2.45) is 7.05 Å². The summed E-state index contributed by atoms with van der Waals surface area (Å²) >= 11 is 6.79. The van der Waals surface area contributed by atoms with Gasteiger partial charge in [-0.2, -0.15) is 0 Å². The molecule has 0 saturated carbocycles. The van der Waals surface area contributed by atoms with Crippen LogP contribution in [0.1, 0.15) is 19.5 Å². The Morgan fingerprint density at radius 1 is 1.16 bits per heavy atom. The molecular formula is C19H21N3OS2. The number of amides is 1. The normalized spacial score (nSPS) is 16.1. The summed E-state index contributed by atoms with van der Waals surface area (Å²) in [5.41, 5.74) is 2.95. The molecule has 0 unspecified atom stereocenters. The van der Waals surface area contributed by atoms with E-state index in [1.807, 2.05) is 60.3 Å². The molecule has 25 heavy (non-hydrogen) atoms. The van der Waals surface area contributed by atoms with Crippen LogP contribution >= 0.6 is 24.0 Å². The van der Waals surface area contributed by atoms with Gasteiger partial charge in [0.05, 0.1) is 10.6 Å². The fourth-order valence-corrected chi connectivity index (χ4v) is 4.13. The summed E-state index contributed by atoms with van der Waals surface area (Å²) < 4.78 is 2.55. The summed E-state index contributed by atoms with van der Waals surface area (Å²) in [4.78, 5) is 17.3. The van der Waals surface area contributed by atoms with Crippen molar-refractivity contribution < 1.29 is 4.79 Å². The number of aryl methyl sites for hydroxylation is 1. The molecule has 1 aromatic carbocycles. The molecule has 6 heteroatoms. The maximum absolute atomic E-state index is 12.8. The SMILES string of the molecule is CCN(CC)c1ccc(N2C(=O)/C(=C/c3cccn3C)SC2=S)cc1. The van der Waals surface area contributed by atoms with E-state index in [0.29, 0.717) is 9.23 Å². The van der Waals surface area contributed by atoms with Gasteiger partial charge in [-0.05, 0) is 56.3 Å². The highest BCUT2D eigenvalue weighted by molar-refractivity contribution is 8.27. The number of benzene rings is 1. The lowest BCUT2D eigenvalue weighted by Crippen LogP contribution is -2.27. The third-order valence-electron chi connectivity index (χ3n) is 4.29. The molecule has 0 spiro atoms. The van der Waals surface area contributed by atoms with Crippen molar-refractivity contribution in [3.8, 4) is 0 Å². The first-order valence-electron chi connectivity index (χ1n) is 8.29. The summed E-state index contributed by atoms with van der Waals surface area (Å²) in [7, 11) is 1.96. The fourth-order valence-electron chi connectivity index (χ4n) is 2.85. The van der Waals surface area contributed by atoms with E-state index in [0.717, 1.165) is 30.2 Å². The van der Waals surface area contributed by atoms with E-state index >= 15 is 0 Å². The van der Waals surface area contributed by atoms with Gasteiger partial charge in [-0.25, -0.2) is 0 Å². The largest absolute Gasteiger partial charge is 0.372 e. The number of nitrogens with zero attached hydrogens (tertiary/aromatic N) is 3. The van der Waals surface area contributed by atoms with E-state index in [-0.39, 0.29) is 5.91 Å². The highest BCUT2D eigenvalue weighted by atomic mass is 32.2. The van der Waals surface area contributed by atoms with E-state index in [1.54, 1.807) is 4.90 Å². The molecule has 3 rings (SSSR count). The first-order chi connectivity index (χ1) is 12.0. The summed E-state index contributed by atoms with van der Waals surface area (Å²) in [6.07, 6.45) is 3.85. The molecule has 4 nitrogen and oxygen atoms in total. The number of carbonyl (C=O) groups is 1. The molecule has 2 heterocycles. The van der Waals surface area contributed by atoms with Gasteiger partial charge in [0.15, 0.2) is 4.32 Å². The van der Waals surface area contributed by atoms with Gasteiger partial charge in [-0.1, -0.05) is 24.0 Å². The second-order valence-electron chi connectivity index (χ2n) is 5.75. The average Bonchev–Trinajstić information content (AvgIpc) is 3.13. The minimum Gasteiger partial charge on any atom is -0.372 e. The number of hydrogen-bond acceptors (Lipinski definition) is 4. The number of thiocarbonyl (C=S) groups is 1. The molecule has 1 fully saturated rings. The van der Waals surface area contributed by atoms with Gasteiger partial charge in [-0.3, -0.25) is 9.69 Å². The first kappa shape index (κ1) is 17.8. The van der Waals surface area contributed by atoms with Crippen LogP contribution < -0.4 is 9.80 Å². The van der Waals surface area contributed by atoms with E-state index in [1.165, 1.54) is 11.8 Å². The molecular weight excluding hydrogens is 350 g/mol. The van der Waals surface area contributed by atoms with Crippen molar-refractivity contribution >= 4 is 51.7 Å². The molecule has 1 saturated heterocycles. The second kappa shape index (κ2) is 7.45. The van der Waals surface area contributed by atoms with E-state index in [9.17, 15) is 4.79 Å². The minimum atomic E-state index is -0.0632. The van der Waals surface area contributed by atoms with Crippen molar-refractivity contribution in [2.75, 3.05) is 22.9 Å². The number of aromatic nitrogens is 1. The Labute approximate surface area is 158 Å². The average molecular weight is 372 g/mol. The minimum absolute atomic E-state index is 0.0632. The van der Waals surface area contributed by atoms with Gasteiger partial charge >= 0.3 is 0 Å². The summed E-state index contributed by atoms with van der Waals surface area (Å²) in [6, 6.07) is 11.9. The van der Waals surface area contributed by atoms with Crippen molar-refractivity contribution in [1.29, 1.82) is 0 Å². The molecule has 1 aliphatic heterocycles. The fraction of sp³-hybridized carbons (Fsp3) is 0.263. The van der Waals surface area contributed by atoms with Crippen LogP contribution in [0.5, 0.6) is 0 Å². The number of rotatable bonds is 5. The summed E-state index contributed by atoms with van der Waals surface area (Å²) in [5, 5.41) is 0. The maximum atomic E-state index is 12.8. The monoisotopic (exact) mass is 371 g/mol. The Hall–Kier alpha value is -2.05. The van der Waals surface area contributed by atoms with Gasteiger partial charge in [0, 0.05) is 37.7 Å². The smallest absolute Gasteiger partial charge is 0.270 e. The molecule has 1 amide bonds. The highest BCUT2D eigenvalue weighted by Crippen LogP contribution is 2.36. The molecule has 0 radical (unpaired) electrons. The standard InChI is InChI=1S/C19H21N3OS2/c1-4-21(5-2)14-8-10-15(11-9-14)22-18(23)17(25-19(22)24)13-16-7-6-12-20(16)3/h6-13H,4-5H2,1-3H3/b17-13-. The predicted octanol–water partition coefficient (Wildman–Crippen LogP) is 4.28. The lowest BCUT2D eigenvalue weighted by Gasteiger charge is -2.22. The maximum Gasteiger partial charge on any atom is 0.270 e. The Bertz CT molecular complexity index is 819. The van der Waals surface area contributed by atoms with Crippen LogP contribution in [0.25, 0.3) is 6.08 Å². The molecule has 1 aliphatic rings. The van der Waals surface area contributed by atoms with Crippen LogP contribution in [0.3, 0.4) is 0 Å². The van der Waals surface area contributed by atoms with E-state index in [4.69, 9.17) is 12.2 Å². The van der Waals surface area contributed by atoms with Gasteiger partial charge in [-0.15, -0.1) is 0 Å². The topological polar surface area (TPSA) is 28.5 Å². The van der Waals surface area contributed by atoms with E-state index in [2.05, 4.69) is 18.7 Å². The van der Waals surface area contributed by atoms with Crippen LogP contribution in [0.15, 0.2) is 47.5 Å². The molecule has 1 aromatic heterocycles. The number of hydrogen-bond donors (Lipinski definition) is 0. The summed E-state index contributed by atoms with van der Waals surface area (Å²) in [5.74, 6) is -0.0632. The zero-order valence-corrected chi connectivity index (χ0v) is 16.2. The summed E-state index contributed by atoms with van der Waals surface area (Å²) in [6.45, 7) is 6.17. The van der Waals surface area contributed by atoms with Crippen molar-refractivity contribution in [1.82, 2.24) is 4.57 Å². The first-order valence-corrected chi connectivity index (χ1v) is 9.52. The Balaban J connectivity index is 1.86. The third-order valence-corrected chi connectivity index (χ3v) is 5.60. The van der Waals surface area contributed by atoms with Crippen molar-refractivity contribution in [2.45, 2.75) is 13.8 Å². The third kappa shape index (κ3) is 3.50. The van der Waals surface area contributed by atoms with E-state index < -0.39 is 0 Å². The lowest BCUT2D eigenvalue weighted by molar-refractivity contribution is -0.113. The van der Waals surface area contributed by atoms with Crippen LogP contribution in [-0.2, 0) is 11.8 Å². The van der Waals surface area contributed by atoms with Crippen LogP contribution in [0.2, 0.25) is 0 Å². The Kier molecular flexibility index (Phi) is 5.30. The lowest BCUT2D eigenvalue weighted by atomic mass is 10.2. The van der Waals surface area contributed by atoms with Crippen molar-refractivity contribution in [3.05, 3.63) is 53.2 Å². The highest BCUT2D eigenvalue weighted by Gasteiger charge is 2.33. The van der Waals surface area contributed by atoms with Crippen LogP contribution in [0.4, 0.5) is 11.4 Å². The zero-order valence-electron chi connectivity index (χ0n) is 14.6. The zero-order chi connectivity index (χ0) is 18.0. The number of carbonyl (C=O) groups excluding carboxylic acids is 1. The predicted molar refractivity (Wildman–Crippen MR) is 111 cm³/mol. The quantitative estimate of drug-likeness (QED) is 0.579. The van der Waals surface area contributed by atoms with Crippen molar-refractivity contribution in [3.63, 3.8) is 0 Å². The van der Waals surface area contributed by atoms with Crippen LogP contribution in [0, 0.1) is 0 Å². The molecule has 130 valence electrons. The molecule has 0 N–H and O–H groups in total. The molecule has 2 aromatic rings. The molecule has 0 atom stereocenters. The van der Waals surface area contributed by atoms with Gasteiger partial charge in [0.2, 0.25) is 0 Å². The second-order valence-corrected chi connectivity index (χ2v) is 7.43. The molecule has 0 aliphatic carbocycles.